The van der Waals surface area contributed by atoms with Crippen LogP contribution in [0.5, 0.6) is 0 Å². The summed E-state index contributed by atoms with van der Waals surface area (Å²) in [7, 11) is 3.55. The highest BCUT2D eigenvalue weighted by Gasteiger charge is 2.25. The molecule has 146 valence electrons. The maximum Gasteiger partial charge on any atom is 0.277 e. The first-order valence-electron chi connectivity index (χ1n) is 8.86. The predicted molar refractivity (Wildman–Crippen MR) is 105 cm³/mol. The SMILES string of the molecule is CC(C)CNc1nnc(SCC(=O)N2CC[NH+](CC(=O)N(C)C)CC2)s1. The van der Waals surface area contributed by atoms with E-state index in [1.807, 2.05) is 4.90 Å². The van der Waals surface area contributed by atoms with Gasteiger partial charge in [-0.05, 0) is 5.92 Å². The minimum atomic E-state index is 0.125. The minimum Gasteiger partial charge on any atom is -0.360 e. The van der Waals surface area contributed by atoms with Gasteiger partial charge < -0.3 is 20.0 Å². The number of anilines is 1. The van der Waals surface area contributed by atoms with Crippen molar-refractivity contribution in [3.05, 3.63) is 0 Å². The number of quaternary nitrogens is 1. The summed E-state index contributed by atoms with van der Waals surface area (Å²) in [4.78, 5) is 28.9. The zero-order valence-electron chi connectivity index (χ0n) is 15.9. The van der Waals surface area contributed by atoms with E-state index in [0.29, 0.717) is 31.3 Å². The van der Waals surface area contributed by atoms with Crippen LogP contribution in [-0.2, 0) is 9.59 Å². The molecule has 8 nitrogen and oxygen atoms in total. The van der Waals surface area contributed by atoms with Gasteiger partial charge in [0.25, 0.3) is 5.91 Å². The molecule has 2 rings (SSSR count). The summed E-state index contributed by atoms with van der Waals surface area (Å²) < 4.78 is 0.811. The first-order valence-corrected chi connectivity index (χ1v) is 10.7. The summed E-state index contributed by atoms with van der Waals surface area (Å²) in [6.07, 6.45) is 0. The van der Waals surface area contributed by atoms with Crippen LogP contribution in [0.2, 0.25) is 0 Å². The van der Waals surface area contributed by atoms with E-state index in [2.05, 4.69) is 29.4 Å². The van der Waals surface area contributed by atoms with Crippen molar-refractivity contribution in [1.29, 1.82) is 0 Å². The standard InChI is InChI=1S/C16H28N6O2S2/c1-12(2)9-17-15-18-19-16(26-15)25-11-14(24)22-7-5-21(6-8-22)10-13(23)20(3)4/h12H,5-11H2,1-4H3,(H,17,18)/p+1. The normalized spacial score (nSPS) is 15.3. The van der Waals surface area contributed by atoms with Crippen LogP contribution in [0.25, 0.3) is 0 Å². The Bertz CT molecular complexity index is 599. The molecule has 26 heavy (non-hydrogen) atoms. The Morgan fingerprint density at radius 1 is 1.31 bits per heavy atom. The summed E-state index contributed by atoms with van der Waals surface area (Å²) in [5, 5.41) is 12.3. The third-order valence-electron chi connectivity index (χ3n) is 4.11. The number of rotatable bonds is 8. The van der Waals surface area contributed by atoms with Crippen LogP contribution >= 0.6 is 23.1 Å². The van der Waals surface area contributed by atoms with Gasteiger partial charge in [-0.2, -0.15) is 0 Å². The van der Waals surface area contributed by atoms with Gasteiger partial charge in [0.1, 0.15) is 0 Å². The zero-order chi connectivity index (χ0) is 19.1. The van der Waals surface area contributed by atoms with Crippen molar-refractivity contribution >= 4 is 40.0 Å². The lowest BCUT2D eigenvalue weighted by molar-refractivity contribution is -0.896. The van der Waals surface area contributed by atoms with Crippen molar-refractivity contribution in [1.82, 2.24) is 20.0 Å². The summed E-state index contributed by atoms with van der Waals surface area (Å²) in [5.41, 5.74) is 0. The van der Waals surface area contributed by atoms with Gasteiger partial charge >= 0.3 is 0 Å². The van der Waals surface area contributed by atoms with Crippen LogP contribution in [0.3, 0.4) is 0 Å². The molecule has 0 aromatic carbocycles. The number of nitrogens with zero attached hydrogens (tertiary/aromatic N) is 4. The van der Waals surface area contributed by atoms with Crippen molar-refractivity contribution in [3.8, 4) is 0 Å². The Balaban J connectivity index is 1.70. The van der Waals surface area contributed by atoms with Crippen LogP contribution in [0.1, 0.15) is 13.8 Å². The number of aromatic nitrogens is 2. The molecule has 0 aliphatic carbocycles. The largest absolute Gasteiger partial charge is 0.360 e. The molecule has 1 aromatic heterocycles. The fourth-order valence-electron chi connectivity index (χ4n) is 2.47. The first-order chi connectivity index (χ1) is 12.3. The molecular weight excluding hydrogens is 372 g/mol. The van der Waals surface area contributed by atoms with Crippen molar-refractivity contribution in [2.24, 2.45) is 5.92 Å². The van der Waals surface area contributed by atoms with E-state index in [0.717, 1.165) is 29.1 Å². The Kier molecular flexibility index (Phi) is 8.11. The highest BCUT2D eigenvalue weighted by Crippen LogP contribution is 2.25. The van der Waals surface area contributed by atoms with Gasteiger partial charge in [0.05, 0.1) is 31.9 Å². The highest BCUT2D eigenvalue weighted by atomic mass is 32.2. The number of likely N-dealkylation sites (N-methyl/N-ethyl adjacent to an activating group) is 1. The predicted octanol–water partition coefficient (Wildman–Crippen LogP) is -0.487. The Labute approximate surface area is 163 Å². The zero-order valence-corrected chi connectivity index (χ0v) is 17.6. The summed E-state index contributed by atoms with van der Waals surface area (Å²) >= 11 is 2.92. The molecule has 2 heterocycles. The van der Waals surface area contributed by atoms with Crippen molar-refractivity contribution < 1.29 is 14.5 Å². The van der Waals surface area contributed by atoms with E-state index in [1.54, 1.807) is 19.0 Å². The number of hydrogen-bond acceptors (Lipinski definition) is 7. The second-order valence-corrected chi connectivity index (χ2v) is 9.23. The average Bonchev–Trinajstić information content (AvgIpc) is 3.06. The molecule has 2 amide bonds. The van der Waals surface area contributed by atoms with Gasteiger partial charge in [0, 0.05) is 20.6 Å². The molecular formula is C16H29N6O2S2+. The molecule has 0 spiro atoms. The van der Waals surface area contributed by atoms with Crippen LogP contribution < -0.4 is 10.2 Å². The van der Waals surface area contributed by atoms with E-state index in [9.17, 15) is 9.59 Å². The minimum absolute atomic E-state index is 0.125. The number of nitrogens with one attached hydrogen (secondary N) is 2. The topological polar surface area (TPSA) is 82.9 Å². The maximum atomic E-state index is 12.4. The fourth-order valence-corrected chi connectivity index (χ4v) is 4.13. The van der Waals surface area contributed by atoms with Crippen LogP contribution in [0.15, 0.2) is 4.34 Å². The smallest absolute Gasteiger partial charge is 0.277 e. The van der Waals surface area contributed by atoms with E-state index < -0.39 is 0 Å². The Hall–Kier alpha value is -1.39. The fraction of sp³-hybridized carbons (Fsp3) is 0.750. The Morgan fingerprint density at radius 3 is 2.62 bits per heavy atom. The second kappa shape index (κ2) is 10.1. The van der Waals surface area contributed by atoms with Gasteiger partial charge in [0.15, 0.2) is 10.9 Å². The van der Waals surface area contributed by atoms with E-state index in [4.69, 9.17) is 0 Å². The summed E-state index contributed by atoms with van der Waals surface area (Å²) in [6, 6.07) is 0. The molecule has 1 saturated heterocycles. The first kappa shape index (κ1) is 20.9. The lowest BCUT2D eigenvalue weighted by Crippen LogP contribution is -3.15. The number of amides is 2. The Morgan fingerprint density at radius 2 is 2.00 bits per heavy atom. The number of thioether (sulfide) groups is 1. The molecule has 0 atom stereocenters. The molecule has 0 radical (unpaired) electrons. The molecule has 1 aliphatic heterocycles. The van der Waals surface area contributed by atoms with Crippen LogP contribution in [0.4, 0.5) is 5.13 Å². The van der Waals surface area contributed by atoms with Crippen LogP contribution in [0, 0.1) is 5.92 Å². The molecule has 1 fully saturated rings. The molecule has 0 bridgehead atoms. The summed E-state index contributed by atoms with van der Waals surface area (Å²) in [5.74, 6) is 1.18. The molecule has 1 aromatic rings. The van der Waals surface area contributed by atoms with E-state index >= 15 is 0 Å². The number of carbonyl (C=O) groups is 2. The summed E-state index contributed by atoms with van der Waals surface area (Å²) in [6.45, 7) is 8.68. The van der Waals surface area contributed by atoms with Crippen molar-refractivity contribution in [2.75, 3.05) is 64.4 Å². The third-order valence-corrected chi connectivity index (χ3v) is 6.11. The van der Waals surface area contributed by atoms with Gasteiger partial charge in [-0.1, -0.05) is 36.9 Å². The van der Waals surface area contributed by atoms with Gasteiger partial charge in [-0.15, -0.1) is 10.2 Å². The molecule has 0 unspecified atom stereocenters. The molecule has 2 N–H and O–H groups in total. The molecule has 10 heteroatoms. The van der Waals surface area contributed by atoms with Gasteiger partial charge in [-0.3, -0.25) is 9.59 Å². The lowest BCUT2D eigenvalue weighted by atomic mass is 10.2. The van der Waals surface area contributed by atoms with E-state index in [1.165, 1.54) is 28.0 Å². The maximum absolute atomic E-state index is 12.4. The average molecular weight is 402 g/mol. The monoisotopic (exact) mass is 401 g/mol. The highest BCUT2D eigenvalue weighted by molar-refractivity contribution is 8.01. The van der Waals surface area contributed by atoms with Gasteiger partial charge in [0.2, 0.25) is 11.0 Å². The van der Waals surface area contributed by atoms with Crippen molar-refractivity contribution in [2.45, 2.75) is 18.2 Å². The number of hydrogen-bond donors (Lipinski definition) is 2. The van der Waals surface area contributed by atoms with Gasteiger partial charge in [-0.25, -0.2) is 0 Å². The molecule has 0 saturated carbocycles. The number of piperazine rings is 1. The number of carbonyl (C=O) groups excluding carboxylic acids is 2. The third kappa shape index (κ3) is 6.73. The van der Waals surface area contributed by atoms with Crippen molar-refractivity contribution in [3.63, 3.8) is 0 Å². The quantitative estimate of drug-likeness (QED) is 0.572. The lowest BCUT2D eigenvalue weighted by Gasteiger charge is -2.32. The second-order valence-electron chi connectivity index (χ2n) is 7.03. The molecule has 1 aliphatic rings. The van der Waals surface area contributed by atoms with Crippen LogP contribution in [-0.4, -0.2) is 90.9 Å². The van der Waals surface area contributed by atoms with E-state index in [-0.39, 0.29) is 11.8 Å².